The fourth-order valence-electron chi connectivity index (χ4n) is 1.59. The second kappa shape index (κ2) is 5.60. The van der Waals surface area contributed by atoms with Gasteiger partial charge < -0.3 is 26.2 Å². The van der Waals surface area contributed by atoms with Crippen LogP contribution in [0, 0.1) is 0 Å². The van der Waals surface area contributed by atoms with Crippen LogP contribution < -0.4 is 11.5 Å². The third-order valence-corrected chi connectivity index (χ3v) is 2.43. The van der Waals surface area contributed by atoms with Crippen LogP contribution in [0.3, 0.4) is 0 Å². The van der Waals surface area contributed by atoms with E-state index < -0.39 is 29.9 Å². The first-order valence-electron chi connectivity index (χ1n) is 5.08. The summed E-state index contributed by atoms with van der Waals surface area (Å²) in [7, 11) is 0. The molecule has 2 atom stereocenters. The Labute approximate surface area is 97.5 Å². The fourth-order valence-corrected chi connectivity index (χ4v) is 1.59. The zero-order chi connectivity index (χ0) is 13.0. The van der Waals surface area contributed by atoms with E-state index in [0.29, 0.717) is 0 Å². The molecule has 0 saturated carbocycles. The molecule has 0 radical (unpaired) electrons. The average Bonchev–Trinajstić information content (AvgIpc) is 2.27. The lowest BCUT2D eigenvalue weighted by Gasteiger charge is -2.34. The first kappa shape index (κ1) is 13.4. The van der Waals surface area contributed by atoms with Crippen LogP contribution in [0.1, 0.15) is 6.42 Å². The molecule has 17 heavy (non-hydrogen) atoms. The zero-order valence-electron chi connectivity index (χ0n) is 9.17. The monoisotopic (exact) mass is 245 g/mol. The maximum absolute atomic E-state index is 11.8. The molecule has 0 aromatic heterocycles. The molecular weight excluding hydrogens is 230 g/mol. The zero-order valence-corrected chi connectivity index (χ0v) is 9.17. The lowest BCUT2D eigenvalue weighted by atomic mass is 10.1. The van der Waals surface area contributed by atoms with Gasteiger partial charge in [-0.05, 0) is 0 Å². The Kier molecular flexibility index (Phi) is 4.41. The number of carboxylic acid groups (broad SMARTS) is 1. The van der Waals surface area contributed by atoms with Gasteiger partial charge >= 0.3 is 5.97 Å². The third-order valence-electron chi connectivity index (χ3n) is 2.43. The number of nitrogens with zero attached hydrogens (tertiary/aromatic N) is 1. The standard InChI is InChI=1S/C9H15N3O5/c10-5(3-7(11)13)8(14)12-1-2-17-4-6(12)9(15)16/h5-6H,1-4,10H2,(H2,11,13)(H,15,16). The van der Waals surface area contributed by atoms with Gasteiger partial charge in [-0.3, -0.25) is 9.59 Å². The van der Waals surface area contributed by atoms with Crippen molar-refractivity contribution in [3.8, 4) is 0 Å². The van der Waals surface area contributed by atoms with E-state index in [0.717, 1.165) is 4.90 Å². The minimum absolute atomic E-state index is 0.0790. The lowest BCUT2D eigenvalue weighted by molar-refractivity contribution is -0.159. The number of amides is 2. The summed E-state index contributed by atoms with van der Waals surface area (Å²) < 4.78 is 4.98. The minimum Gasteiger partial charge on any atom is -0.480 e. The van der Waals surface area contributed by atoms with Gasteiger partial charge in [-0.25, -0.2) is 4.79 Å². The van der Waals surface area contributed by atoms with Crippen molar-refractivity contribution in [3.63, 3.8) is 0 Å². The van der Waals surface area contributed by atoms with Crippen LogP contribution in [0.25, 0.3) is 0 Å². The SMILES string of the molecule is NC(=O)CC(N)C(=O)N1CCOCC1C(=O)O. The van der Waals surface area contributed by atoms with E-state index >= 15 is 0 Å². The first-order valence-corrected chi connectivity index (χ1v) is 5.08. The van der Waals surface area contributed by atoms with E-state index in [-0.39, 0.29) is 26.2 Å². The number of rotatable bonds is 4. The predicted octanol–water partition coefficient (Wildman–Crippen LogP) is -2.50. The van der Waals surface area contributed by atoms with E-state index in [1.807, 2.05) is 0 Å². The molecule has 5 N–H and O–H groups in total. The minimum atomic E-state index is -1.16. The number of hydrogen-bond donors (Lipinski definition) is 3. The highest BCUT2D eigenvalue weighted by molar-refractivity contribution is 5.90. The molecule has 0 bridgehead atoms. The number of carbonyl (C=O) groups excluding carboxylic acids is 2. The molecular formula is C9H15N3O5. The normalized spacial score (nSPS) is 21.9. The van der Waals surface area contributed by atoms with Crippen LogP contribution >= 0.6 is 0 Å². The van der Waals surface area contributed by atoms with E-state index in [9.17, 15) is 14.4 Å². The number of primary amides is 1. The van der Waals surface area contributed by atoms with Crippen molar-refractivity contribution in [3.05, 3.63) is 0 Å². The quantitative estimate of drug-likeness (QED) is 0.501. The van der Waals surface area contributed by atoms with Crippen molar-refractivity contribution in [2.75, 3.05) is 19.8 Å². The first-order chi connectivity index (χ1) is 7.93. The topological polar surface area (TPSA) is 136 Å². The van der Waals surface area contributed by atoms with Crippen LogP contribution in [-0.2, 0) is 19.1 Å². The molecule has 1 fully saturated rings. The lowest BCUT2D eigenvalue weighted by Crippen LogP contribution is -2.57. The summed E-state index contributed by atoms with van der Waals surface area (Å²) in [5, 5.41) is 8.91. The second-order valence-electron chi connectivity index (χ2n) is 3.74. The highest BCUT2D eigenvalue weighted by Gasteiger charge is 2.35. The van der Waals surface area contributed by atoms with Gasteiger partial charge in [0.1, 0.15) is 0 Å². The Balaban J connectivity index is 2.70. The smallest absolute Gasteiger partial charge is 0.328 e. The van der Waals surface area contributed by atoms with Gasteiger partial charge in [0.2, 0.25) is 11.8 Å². The van der Waals surface area contributed by atoms with Gasteiger partial charge in [-0.15, -0.1) is 0 Å². The maximum Gasteiger partial charge on any atom is 0.328 e. The Morgan fingerprint density at radius 3 is 2.65 bits per heavy atom. The molecule has 1 aliphatic rings. The molecule has 1 heterocycles. The molecule has 2 amide bonds. The molecule has 1 aliphatic heterocycles. The summed E-state index contributed by atoms with van der Waals surface area (Å²) >= 11 is 0. The fraction of sp³-hybridized carbons (Fsp3) is 0.667. The number of morpholine rings is 1. The maximum atomic E-state index is 11.8. The third kappa shape index (κ3) is 3.40. The molecule has 0 aromatic carbocycles. The molecule has 8 nitrogen and oxygen atoms in total. The molecule has 1 rings (SSSR count). The van der Waals surface area contributed by atoms with E-state index in [1.54, 1.807) is 0 Å². The van der Waals surface area contributed by atoms with Gasteiger partial charge in [0.25, 0.3) is 0 Å². The summed E-state index contributed by atoms with van der Waals surface area (Å²) in [4.78, 5) is 34.5. The summed E-state index contributed by atoms with van der Waals surface area (Å²) in [6.45, 7) is 0.311. The molecule has 0 aromatic rings. The van der Waals surface area contributed by atoms with Crippen molar-refractivity contribution < 1.29 is 24.2 Å². The molecule has 96 valence electrons. The molecule has 8 heteroatoms. The largest absolute Gasteiger partial charge is 0.480 e. The van der Waals surface area contributed by atoms with Crippen molar-refractivity contribution in [2.24, 2.45) is 11.5 Å². The summed E-state index contributed by atoms with van der Waals surface area (Å²) in [6.07, 6.45) is -0.303. The van der Waals surface area contributed by atoms with Gasteiger partial charge in [-0.2, -0.15) is 0 Å². The average molecular weight is 245 g/mol. The Bertz CT molecular complexity index is 333. The summed E-state index contributed by atoms with van der Waals surface area (Å²) in [5.41, 5.74) is 10.4. The van der Waals surface area contributed by atoms with Crippen LogP contribution in [0.2, 0.25) is 0 Å². The van der Waals surface area contributed by atoms with Crippen molar-refractivity contribution in [1.82, 2.24) is 4.90 Å². The van der Waals surface area contributed by atoms with E-state index in [1.165, 1.54) is 0 Å². The van der Waals surface area contributed by atoms with E-state index in [4.69, 9.17) is 21.3 Å². The summed E-state index contributed by atoms with van der Waals surface area (Å²) in [6, 6.07) is -2.16. The Morgan fingerprint density at radius 1 is 1.47 bits per heavy atom. The van der Waals surface area contributed by atoms with E-state index in [2.05, 4.69) is 0 Å². The van der Waals surface area contributed by atoms with Gasteiger partial charge in [0.15, 0.2) is 6.04 Å². The molecule has 2 unspecified atom stereocenters. The van der Waals surface area contributed by atoms with Gasteiger partial charge in [0, 0.05) is 6.54 Å². The number of aliphatic carboxylic acids is 1. The number of nitrogens with two attached hydrogens (primary N) is 2. The number of carbonyl (C=O) groups is 3. The number of ether oxygens (including phenoxy) is 1. The Hall–Kier alpha value is -1.67. The molecule has 0 spiro atoms. The summed E-state index contributed by atoms with van der Waals surface area (Å²) in [5.74, 6) is -2.46. The van der Waals surface area contributed by atoms with Crippen molar-refractivity contribution >= 4 is 17.8 Å². The van der Waals surface area contributed by atoms with Crippen molar-refractivity contribution in [1.29, 1.82) is 0 Å². The van der Waals surface area contributed by atoms with Crippen LogP contribution in [-0.4, -0.2) is 59.6 Å². The van der Waals surface area contributed by atoms with Crippen LogP contribution in [0.15, 0.2) is 0 Å². The number of hydrogen-bond acceptors (Lipinski definition) is 5. The molecule has 1 saturated heterocycles. The van der Waals surface area contributed by atoms with Gasteiger partial charge in [-0.1, -0.05) is 0 Å². The van der Waals surface area contributed by atoms with Crippen molar-refractivity contribution in [2.45, 2.75) is 18.5 Å². The van der Waals surface area contributed by atoms with Crippen LogP contribution in [0.4, 0.5) is 0 Å². The van der Waals surface area contributed by atoms with Crippen LogP contribution in [0.5, 0.6) is 0 Å². The number of carboxylic acids is 1. The second-order valence-corrected chi connectivity index (χ2v) is 3.74. The molecule has 0 aliphatic carbocycles. The van der Waals surface area contributed by atoms with Gasteiger partial charge in [0.05, 0.1) is 25.7 Å². The predicted molar refractivity (Wildman–Crippen MR) is 55.7 cm³/mol. The highest BCUT2D eigenvalue weighted by atomic mass is 16.5. The Morgan fingerprint density at radius 2 is 2.12 bits per heavy atom. The highest BCUT2D eigenvalue weighted by Crippen LogP contribution is 2.09.